The number of halogens is 1. The monoisotopic (exact) mass is 626 g/mol. The molecule has 3 rings (SSSR count). The predicted octanol–water partition coefficient (Wildman–Crippen LogP) is 1.87. The van der Waals surface area contributed by atoms with E-state index in [0.29, 0.717) is 11.8 Å². The summed E-state index contributed by atoms with van der Waals surface area (Å²) >= 11 is 2.15. The van der Waals surface area contributed by atoms with Crippen LogP contribution in [0.2, 0.25) is 0 Å². The maximum absolute atomic E-state index is 12.5. The van der Waals surface area contributed by atoms with Crippen molar-refractivity contribution in [3.8, 4) is 0 Å². The normalized spacial score (nSPS) is 15.7. The summed E-state index contributed by atoms with van der Waals surface area (Å²) in [4.78, 5) is 24.5. The van der Waals surface area contributed by atoms with Gasteiger partial charge in [0.25, 0.3) is 0 Å². The van der Waals surface area contributed by atoms with E-state index in [0.717, 1.165) is 14.7 Å². The molecule has 0 amide bonds. The molecule has 1 aromatic heterocycles. The summed E-state index contributed by atoms with van der Waals surface area (Å²) in [5.74, 6) is -0.614. The average molecular weight is 626 g/mol. The maximum atomic E-state index is 12.5. The smallest absolute Gasteiger partial charge is 0.343 e. The largest absolute Gasteiger partial charge is 0.462 e. The molecule has 22 heavy (non-hydrogen) atoms. The van der Waals surface area contributed by atoms with Gasteiger partial charge in [0.1, 0.15) is 5.56 Å². The zero-order valence-electron chi connectivity index (χ0n) is 12.0. The fraction of sp³-hybridized carbons (Fsp3) is 0.333. The van der Waals surface area contributed by atoms with Gasteiger partial charge in [-0.25, -0.2) is 4.79 Å². The second kappa shape index (κ2) is 7.29. The van der Waals surface area contributed by atoms with Crippen LogP contribution < -0.4 is 5.43 Å². The summed E-state index contributed by atoms with van der Waals surface area (Å²) in [6.45, 7) is 1.88. The quantitative estimate of drug-likeness (QED) is 0.418. The van der Waals surface area contributed by atoms with E-state index in [1.54, 1.807) is 13.0 Å². The molecule has 0 fully saturated rings. The fourth-order valence-electron chi connectivity index (χ4n) is 2.84. The van der Waals surface area contributed by atoms with Crippen LogP contribution >= 0.6 is 22.6 Å². The van der Waals surface area contributed by atoms with Crippen molar-refractivity contribution >= 4 is 39.5 Å². The molecule has 2 heterocycles. The number of aromatic nitrogens is 1. The van der Waals surface area contributed by atoms with Crippen molar-refractivity contribution in [2.45, 2.75) is 19.4 Å². The van der Waals surface area contributed by atoms with E-state index in [1.807, 2.05) is 10.6 Å². The van der Waals surface area contributed by atoms with E-state index in [4.69, 9.17) is 4.74 Å². The van der Waals surface area contributed by atoms with Crippen molar-refractivity contribution in [2.75, 3.05) is 13.2 Å². The molecule has 1 N–H and O–H groups in total. The van der Waals surface area contributed by atoms with Crippen molar-refractivity contribution < 1.29 is 58.7 Å². The number of pyridine rings is 1. The summed E-state index contributed by atoms with van der Waals surface area (Å²) in [7, 11) is 0. The van der Waals surface area contributed by atoms with Gasteiger partial charge in [-0.2, -0.15) is 0 Å². The van der Waals surface area contributed by atoms with Gasteiger partial charge in [0.2, 0.25) is 5.43 Å². The van der Waals surface area contributed by atoms with Gasteiger partial charge >= 0.3 is 5.97 Å². The van der Waals surface area contributed by atoms with Gasteiger partial charge in [0.15, 0.2) is 0 Å². The SMILES string of the molecule is CCOC(=O)c1cn2c3c(cc(I)cc3c1=O)CC2CO.[Ac]. The van der Waals surface area contributed by atoms with Gasteiger partial charge < -0.3 is 14.4 Å². The van der Waals surface area contributed by atoms with E-state index in [1.165, 1.54) is 6.20 Å². The van der Waals surface area contributed by atoms with E-state index >= 15 is 0 Å². The Morgan fingerprint density at radius 1 is 1.50 bits per heavy atom. The van der Waals surface area contributed by atoms with Gasteiger partial charge in [-0.1, -0.05) is 0 Å². The summed E-state index contributed by atoms with van der Waals surface area (Å²) in [6, 6.07) is 3.65. The Balaban J connectivity index is 0.00000176. The summed E-state index contributed by atoms with van der Waals surface area (Å²) < 4.78 is 7.73. The number of carbonyl (C=O) groups is 1. The van der Waals surface area contributed by atoms with Crippen molar-refractivity contribution in [1.29, 1.82) is 0 Å². The molecule has 5 nitrogen and oxygen atoms in total. The number of nitrogens with zero attached hydrogens (tertiary/aromatic N) is 1. The number of hydrogen-bond donors (Lipinski definition) is 1. The van der Waals surface area contributed by atoms with Gasteiger partial charge in [-0.05, 0) is 53.6 Å². The number of carbonyl (C=O) groups excluding carboxylic acids is 1. The molecule has 1 atom stereocenters. The molecule has 1 aliphatic rings. The number of benzene rings is 1. The molecule has 0 bridgehead atoms. The Labute approximate surface area is 176 Å². The Morgan fingerprint density at radius 3 is 2.86 bits per heavy atom. The first-order chi connectivity index (χ1) is 10.1. The van der Waals surface area contributed by atoms with Crippen molar-refractivity contribution in [3.05, 3.63) is 43.2 Å². The summed E-state index contributed by atoms with van der Waals surface area (Å²) in [5, 5.41) is 10.1. The third-order valence-electron chi connectivity index (χ3n) is 3.72. The van der Waals surface area contributed by atoms with E-state index in [9.17, 15) is 14.7 Å². The molecule has 0 saturated carbocycles. The summed E-state index contributed by atoms with van der Waals surface area (Å²) in [5.41, 5.74) is 1.56. The molecule has 0 spiro atoms. The molecule has 1 aliphatic heterocycles. The Kier molecular flexibility index (Phi) is 6.08. The minimum atomic E-state index is -0.614. The number of esters is 1. The fourth-order valence-corrected chi connectivity index (χ4v) is 3.53. The van der Waals surface area contributed by atoms with Crippen LogP contribution in [-0.4, -0.2) is 28.9 Å². The van der Waals surface area contributed by atoms with Crippen LogP contribution in [-0.2, 0) is 11.2 Å². The van der Waals surface area contributed by atoms with Crippen molar-refractivity contribution in [1.82, 2.24) is 4.57 Å². The number of rotatable bonds is 3. The number of aliphatic hydroxyl groups excluding tert-OH is 1. The molecule has 113 valence electrons. The Morgan fingerprint density at radius 2 is 2.23 bits per heavy atom. The molecule has 2 aromatic rings. The first kappa shape index (κ1) is 18.4. The Hall–Kier alpha value is 0.0316. The number of hydrogen-bond acceptors (Lipinski definition) is 4. The number of ether oxygens (including phenoxy) is 1. The van der Waals surface area contributed by atoms with E-state index < -0.39 is 5.97 Å². The molecule has 0 aliphatic carbocycles. The standard InChI is InChI=1S/C15H14INO4.Ac/c1-2-21-15(20)12-6-17-10(7-18)4-8-3-9(16)5-11(13(8)17)14(12)19;/h3,5-6,10,18H,2,4,7H2,1H3;. The third-order valence-corrected chi connectivity index (χ3v) is 4.35. The molecule has 1 unspecified atom stereocenters. The first-order valence-corrected chi connectivity index (χ1v) is 7.80. The zero-order valence-corrected chi connectivity index (χ0v) is 18.9. The second-order valence-electron chi connectivity index (χ2n) is 5.00. The van der Waals surface area contributed by atoms with Crippen LogP contribution in [0.1, 0.15) is 28.9 Å². The molecule has 1 aromatic carbocycles. The van der Waals surface area contributed by atoms with E-state index in [-0.39, 0.29) is 74.3 Å². The van der Waals surface area contributed by atoms with Gasteiger partial charge in [0, 0.05) is 59.2 Å². The molecular formula is C15H14AcINO4. The molecule has 7 heteroatoms. The molecular weight excluding hydrogens is 612 g/mol. The van der Waals surface area contributed by atoms with Crippen LogP contribution in [0.25, 0.3) is 10.9 Å². The van der Waals surface area contributed by atoms with Gasteiger partial charge in [-0.3, -0.25) is 4.79 Å². The zero-order chi connectivity index (χ0) is 15.1. The maximum Gasteiger partial charge on any atom is 0.343 e. The van der Waals surface area contributed by atoms with E-state index in [2.05, 4.69) is 22.6 Å². The van der Waals surface area contributed by atoms with Crippen LogP contribution in [0, 0.1) is 47.6 Å². The topological polar surface area (TPSA) is 68.5 Å². The van der Waals surface area contributed by atoms with Crippen LogP contribution in [0.4, 0.5) is 0 Å². The third kappa shape index (κ3) is 3.02. The average Bonchev–Trinajstić information content (AvgIpc) is 2.80. The van der Waals surface area contributed by atoms with Crippen molar-refractivity contribution in [3.63, 3.8) is 0 Å². The van der Waals surface area contributed by atoms with Crippen molar-refractivity contribution in [2.24, 2.45) is 0 Å². The van der Waals surface area contributed by atoms with Gasteiger partial charge in [-0.15, -0.1) is 0 Å². The van der Waals surface area contributed by atoms with Crippen LogP contribution in [0.15, 0.2) is 23.1 Å². The predicted molar refractivity (Wildman–Crippen MR) is 86.7 cm³/mol. The Bertz CT molecular complexity index is 802. The second-order valence-corrected chi connectivity index (χ2v) is 6.25. The minimum Gasteiger partial charge on any atom is -0.462 e. The van der Waals surface area contributed by atoms with Crippen LogP contribution in [0.5, 0.6) is 0 Å². The number of aliphatic hydroxyl groups is 1. The molecule has 0 saturated heterocycles. The first-order valence-electron chi connectivity index (χ1n) is 6.72. The van der Waals surface area contributed by atoms with Gasteiger partial charge in [0.05, 0.1) is 24.8 Å². The summed E-state index contributed by atoms with van der Waals surface area (Å²) in [6.07, 6.45) is 2.18. The van der Waals surface area contributed by atoms with Crippen LogP contribution in [0.3, 0.4) is 0 Å². The minimum absolute atomic E-state index is 0. The molecule has 1 radical (unpaired) electrons.